The van der Waals surface area contributed by atoms with E-state index < -0.39 is 28.0 Å². The number of carbonyl (C=O) groups is 2. The molecule has 0 saturated carbocycles. The van der Waals surface area contributed by atoms with E-state index in [1.54, 1.807) is 0 Å². The Morgan fingerprint density at radius 3 is 2.43 bits per heavy atom. The summed E-state index contributed by atoms with van der Waals surface area (Å²) in [6.45, 7) is 6.07. The molecule has 194 valence electrons. The van der Waals surface area contributed by atoms with Crippen LogP contribution in [0.25, 0.3) is 16.9 Å². The summed E-state index contributed by atoms with van der Waals surface area (Å²) in [7, 11) is 0. The van der Waals surface area contributed by atoms with Gasteiger partial charge in [0.05, 0.1) is 21.7 Å². The van der Waals surface area contributed by atoms with Crippen LogP contribution < -0.4 is 5.32 Å². The minimum Gasteiger partial charge on any atom is -0.352 e. The third kappa shape index (κ3) is 5.11. The summed E-state index contributed by atoms with van der Waals surface area (Å²) >= 11 is 0. The highest BCUT2D eigenvalue weighted by Gasteiger charge is 2.38. The molecule has 8 nitrogen and oxygen atoms in total. The molecule has 0 unspecified atom stereocenters. The van der Waals surface area contributed by atoms with Gasteiger partial charge in [-0.2, -0.15) is 18.3 Å². The fraction of sp³-hybridized carbons (Fsp3) is 0.346. The van der Waals surface area contributed by atoms with Crippen molar-refractivity contribution in [2.45, 2.75) is 46.2 Å². The topological polar surface area (TPSA) is 107 Å². The van der Waals surface area contributed by atoms with Gasteiger partial charge in [-0.15, -0.1) is 0 Å². The van der Waals surface area contributed by atoms with E-state index in [0.717, 1.165) is 18.2 Å². The van der Waals surface area contributed by atoms with E-state index >= 15 is 0 Å². The third-order valence-corrected chi connectivity index (χ3v) is 6.23. The van der Waals surface area contributed by atoms with Crippen molar-refractivity contribution in [2.24, 2.45) is 5.41 Å². The second-order valence-electron chi connectivity index (χ2n) is 9.81. The number of nitro groups is 1. The van der Waals surface area contributed by atoms with Gasteiger partial charge in [-0.1, -0.05) is 32.9 Å². The zero-order valence-electron chi connectivity index (χ0n) is 20.5. The van der Waals surface area contributed by atoms with Crippen molar-refractivity contribution in [2.75, 3.05) is 6.54 Å². The fourth-order valence-electron chi connectivity index (χ4n) is 4.50. The normalized spacial score (nSPS) is 14.8. The Hall–Kier alpha value is -4.02. The van der Waals surface area contributed by atoms with E-state index in [2.05, 4.69) is 10.4 Å². The number of Topliss-reactive ketones (excluding diaryl/α,β-unsaturated/α-hetero) is 1. The number of alkyl halides is 3. The first-order chi connectivity index (χ1) is 17.3. The number of rotatable bonds is 6. The van der Waals surface area contributed by atoms with Crippen LogP contribution in [0, 0.1) is 15.5 Å². The van der Waals surface area contributed by atoms with Gasteiger partial charge in [0, 0.05) is 30.2 Å². The lowest BCUT2D eigenvalue weighted by Gasteiger charge is -2.29. The number of fused-ring (bicyclic) bond motifs is 1. The van der Waals surface area contributed by atoms with Crippen molar-refractivity contribution in [1.29, 1.82) is 0 Å². The minimum atomic E-state index is -4.52. The van der Waals surface area contributed by atoms with Crippen molar-refractivity contribution in [3.63, 3.8) is 0 Å². The Bertz CT molecular complexity index is 1390. The summed E-state index contributed by atoms with van der Waals surface area (Å²) in [5.74, 6) is -0.702. The lowest BCUT2D eigenvalue weighted by molar-refractivity contribution is -0.384. The van der Waals surface area contributed by atoms with Crippen LogP contribution in [-0.2, 0) is 12.6 Å². The molecule has 2 aromatic carbocycles. The second-order valence-corrected chi connectivity index (χ2v) is 9.81. The molecule has 1 aliphatic carbocycles. The molecule has 4 rings (SSSR count). The van der Waals surface area contributed by atoms with Crippen LogP contribution in [0.4, 0.5) is 18.9 Å². The lowest BCUT2D eigenvalue weighted by Crippen LogP contribution is -2.28. The van der Waals surface area contributed by atoms with Crippen molar-refractivity contribution in [3.8, 4) is 16.9 Å². The van der Waals surface area contributed by atoms with Gasteiger partial charge < -0.3 is 5.32 Å². The molecule has 1 N–H and O–H groups in total. The van der Waals surface area contributed by atoms with Gasteiger partial charge in [-0.3, -0.25) is 19.7 Å². The highest BCUT2D eigenvalue weighted by Crippen LogP contribution is 2.41. The standard InChI is InChI=1S/C26H25F3N4O4/c1-4-11-30-24(35)16-7-10-18(19(12-16)33(36)37)32-20-13-25(2,3)14-21(34)22(20)23(31-32)15-5-8-17(9-6-15)26(27,28)29/h5-10,12H,4,11,13-14H2,1-3H3,(H,30,35). The Balaban J connectivity index is 1.90. The van der Waals surface area contributed by atoms with Gasteiger partial charge in [0.2, 0.25) is 0 Å². The SMILES string of the molecule is CCCNC(=O)c1ccc(-n2nc(-c3ccc(C(F)(F)F)cc3)c3c2CC(C)(C)CC3=O)c([N+](=O)[O-])c1. The second kappa shape index (κ2) is 9.45. The highest BCUT2D eigenvalue weighted by molar-refractivity contribution is 6.04. The number of benzene rings is 2. The molecule has 0 saturated heterocycles. The number of carbonyl (C=O) groups excluding carboxylic acids is 2. The van der Waals surface area contributed by atoms with Crippen LogP contribution in [0.2, 0.25) is 0 Å². The summed E-state index contributed by atoms with van der Waals surface area (Å²) in [5, 5.41) is 19.2. The number of nitro benzene ring substituents is 1. The van der Waals surface area contributed by atoms with Gasteiger partial charge in [0.1, 0.15) is 11.4 Å². The Morgan fingerprint density at radius 2 is 1.84 bits per heavy atom. The van der Waals surface area contributed by atoms with Gasteiger partial charge in [0.25, 0.3) is 11.6 Å². The molecule has 0 aliphatic heterocycles. The zero-order valence-corrected chi connectivity index (χ0v) is 20.5. The molecule has 0 fully saturated rings. The smallest absolute Gasteiger partial charge is 0.352 e. The average molecular weight is 515 g/mol. The van der Waals surface area contributed by atoms with E-state index in [0.29, 0.717) is 25.1 Å². The molecule has 0 bridgehead atoms. The molecular weight excluding hydrogens is 489 g/mol. The number of hydrogen-bond acceptors (Lipinski definition) is 5. The van der Waals surface area contributed by atoms with E-state index in [1.807, 2.05) is 20.8 Å². The number of hydrogen-bond donors (Lipinski definition) is 1. The van der Waals surface area contributed by atoms with Crippen molar-refractivity contribution in [3.05, 3.63) is 75.0 Å². The average Bonchev–Trinajstić information content (AvgIpc) is 3.20. The Kier molecular flexibility index (Phi) is 6.66. The van der Waals surface area contributed by atoms with Crippen molar-refractivity contribution >= 4 is 17.4 Å². The van der Waals surface area contributed by atoms with Crippen LogP contribution in [0.15, 0.2) is 42.5 Å². The summed E-state index contributed by atoms with van der Waals surface area (Å²) in [6.07, 6.45) is -3.28. The first kappa shape index (κ1) is 26.1. The summed E-state index contributed by atoms with van der Waals surface area (Å²) in [5.41, 5.74) is -0.429. The molecule has 1 amide bonds. The number of halogens is 3. The number of aromatic nitrogens is 2. The van der Waals surface area contributed by atoms with E-state index in [4.69, 9.17) is 0 Å². The van der Waals surface area contributed by atoms with Crippen LogP contribution in [0.3, 0.4) is 0 Å². The summed E-state index contributed by atoms with van der Waals surface area (Å²) in [4.78, 5) is 37.0. The number of nitrogens with one attached hydrogen (secondary N) is 1. The first-order valence-corrected chi connectivity index (χ1v) is 11.7. The van der Waals surface area contributed by atoms with E-state index in [1.165, 1.54) is 28.9 Å². The first-order valence-electron chi connectivity index (χ1n) is 11.7. The van der Waals surface area contributed by atoms with Crippen molar-refractivity contribution < 1.29 is 27.7 Å². The maximum absolute atomic E-state index is 13.2. The van der Waals surface area contributed by atoms with Crippen LogP contribution in [-0.4, -0.2) is 32.9 Å². The maximum Gasteiger partial charge on any atom is 0.416 e. The lowest BCUT2D eigenvalue weighted by atomic mass is 9.75. The van der Waals surface area contributed by atoms with E-state index in [-0.39, 0.29) is 46.0 Å². The third-order valence-electron chi connectivity index (χ3n) is 6.23. The molecule has 1 aromatic heterocycles. The molecule has 0 spiro atoms. The monoisotopic (exact) mass is 514 g/mol. The van der Waals surface area contributed by atoms with Crippen LogP contribution in [0.5, 0.6) is 0 Å². The predicted octanol–water partition coefficient (Wildman–Crippen LogP) is 5.76. The number of amides is 1. The van der Waals surface area contributed by atoms with Crippen molar-refractivity contribution in [1.82, 2.24) is 15.1 Å². The minimum absolute atomic E-state index is 0.0527. The predicted molar refractivity (Wildman–Crippen MR) is 130 cm³/mol. The Labute approximate surface area is 210 Å². The largest absolute Gasteiger partial charge is 0.416 e. The molecule has 1 heterocycles. The van der Waals surface area contributed by atoms with Gasteiger partial charge in [-0.05, 0) is 42.5 Å². The fourth-order valence-corrected chi connectivity index (χ4v) is 4.50. The summed E-state index contributed by atoms with van der Waals surface area (Å²) < 4.78 is 40.6. The molecular formula is C26H25F3N4O4. The number of nitrogens with zero attached hydrogens (tertiary/aromatic N) is 3. The Morgan fingerprint density at radius 1 is 1.16 bits per heavy atom. The number of ketones is 1. The zero-order chi connectivity index (χ0) is 27.1. The molecule has 1 aliphatic rings. The highest BCUT2D eigenvalue weighted by atomic mass is 19.4. The maximum atomic E-state index is 13.2. The molecule has 0 radical (unpaired) electrons. The van der Waals surface area contributed by atoms with Gasteiger partial charge in [0.15, 0.2) is 5.78 Å². The van der Waals surface area contributed by atoms with Gasteiger partial charge >= 0.3 is 6.18 Å². The van der Waals surface area contributed by atoms with Crippen LogP contribution >= 0.6 is 0 Å². The van der Waals surface area contributed by atoms with E-state index in [9.17, 15) is 32.9 Å². The molecule has 11 heteroatoms. The molecule has 0 atom stereocenters. The summed E-state index contributed by atoms with van der Waals surface area (Å²) in [6, 6.07) is 8.27. The van der Waals surface area contributed by atoms with Crippen LogP contribution in [0.1, 0.15) is 65.6 Å². The molecule has 37 heavy (non-hydrogen) atoms. The molecule has 3 aromatic rings. The quantitative estimate of drug-likeness (QED) is 0.332. The van der Waals surface area contributed by atoms with Gasteiger partial charge in [-0.25, -0.2) is 4.68 Å².